The summed E-state index contributed by atoms with van der Waals surface area (Å²) in [5.74, 6) is 0.140. The van der Waals surface area contributed by atoms with E-state index in [0.717, 1.165) is 11.3 Å². The molecule has 2 aromatic rings. The fraction of sp³-hybridized carbons (Fsp3) is 0.200. The molecule has 0 unspecified atom stereocenters. The molecule has 0 saturated carbocycles. The Kier molecular flexibility index (Phi) is 2.71. The molecule has 4 heteroatoms. The highest BCUT2D eigenvalue weighted by Crippen LogP contribution is 2.31. The lowest BCUT2D eigenvalue weighted by molar-refractivity contribution is 0.0764. The van der Waals surface area contributed by atoms with E-state index in [2.05, 4.69) is 4.98 Å². The van der Waals surface area contributed by atoms with E-state index in [1.54, 1.807) is 24.1 Å². The van der Waals surface area contributed by atoms with Gasteiger partial charge in [-0.25, -0.2) is 0 Å². The molecule has 19 heavy (non-hydrogen) atoms. The van der Waals surface area contributed by atoms with Gasteiger partial charge in [0.1, 0.15) is 5.75 Å². The zero-order chi connectivity index (χ0) is 13.4. The molecule has 96 valence electrons. The Hall–Kier alpha value is -2.36. The number of phenols is 1. The lowest BCUT2D eigenvalue weighted by Crippen LogP contribution is -2.24. The van der Waals surface area contributed by atoms with Crippen LogP contribution >= 0.6 is 0 Å². The summed E-state index contributed by atoms with van der Waals surface area (Å²) in [6.07, 6.45) is 1.72. The van der Waals surface area contributed by atoms with Gasteiger partial charge in [0.2, 0.25) is 0 Å². The van der Waals surface area contributed by atoms with E-state index < -0.39 is 0 Å². The van der Waals surface area contributed by atoms with Crippen molar-refractivity contribution in [3.05, 3.63) is 58.9 Å². The number of aromatic nitrogens is 1. The summed E-state index contributed by atoms with van der Waals surface area (Å²) in [6, 6.07) is 9.12. The molecule has 4 nitrogen and oxygen atoms in total. The molecule has 0 saturated heterocycles. The molecule has 0 spiro atoms. The van der Waals surface area contributed by atoms with E-state index in [0.29, 0.717) is 24.2 Å². The number of aromatic hydroxyl groups is 1. The van der Waals surface area contributed by atoms with Crippen molar-refractivity contribution in [3.8, 4) is 5.75 Å². The zero-order valence-corrected chi connectivity index (χ0v) is 10.6. The Labute approximate surface area is 111 Å². The fourth-order valence-corrected chi connectivity index (χ4v) is 2.44. The number of nitrogens with zero attached hydrogens (tertiary/aromatic N) is 2. The van der Waals surface area contributed by atoms with Gasteiger partial charge >= 0.3 is 0 Å². The normalized spacial score (nSPS) is 13.7. The van der Waals surface area contributed by atoms with Crippen LogP contribution in [-0.2, 0) is 13.1 Å². The lowest BCUT2D eigenvalue weighted by atomic mass is 10.0. The average molecular weight is 254 g/mol. The third kappa shape index (κ3) is 1.95. The van der Waals surface area contributed by atoms with Crippen LogP contribution in [0.5, 0.6) is 5.75 Å². The second-order valence-electron chi connectivity index (χ2n) is 4.73. The standard InChI is InChI=1S/C15H14N2O2/c1-10-13(18)6-5-11-8-17(15(19)14(10)11)9-12-4-2-3-7-16-12/h2-7,18H,8-9H2,1H3. The van der Waals surface area contributed by atoms with E-state index in [1.165, 1.54) is 0 Å². The molecule has 0 aliphatic carbocycles. The number of pyridine rings is 1. The number of phenolic OH excluding ortho intramolecular Hbond substituents is 1. The Morgan fingerprint density at radius 2 is 2.16 bits per heavy atom. The van der Waals surface area contributed by atoms with Gasteiger partial charge in [0.15, 0.2) is 0 Å². The minimum Gasteiger partial charge on any atom is -0.508 e. The molecule has 1 amide bonds. The number of amides is 1. The molecule has 1 aromatic carbocycles. The number of benzene rings is 1. The number of hydrogen-bond acceptors (Lipinski definition) is 3. The monoisotopic (exact) mass is 254 g/mol. The van der Waals surface area contributed by atoms with Gasteiger partial charge in [-0.3, -0.25) is 9.78 Å². The minimum absolute atomic E-state index is 0.0333. The first-order valence-electron chi connectivity index (χ1n) is 6.17. The highest BCUT2D eigenvalue weighted by atomic mass is 16.3. The quantitative estimate of drug-likeness (QED) is 0.894. The van der Waals surface area contributed by atoms with Crippen molar-refractivity contribution in [2.75, 3.05) is 0 Å². The van der Waals surface area contributed by atoms with Crippen molar-refractivity contribution >= 4 is 5.91 Å². The predicted molar refractivity (Wildman–Crippen MR) is 70.7 cm³/mol. The molecule has 1 N–H and O–H groups in total. The van der Waals surface area contributed by atoms with Crippen molar-refractivity contribution in [2.45, 2.75) is 20.0 Å². The number of carbonyl (C=O) groups excluding carboxylic acids is 1. The molecule has 0 fully saturated rings. The van der Waals surface area contributed by atoms with Crippen molar-refractivity contribution in [3.63, 3.8) is 0 Å². The summed E-state index contributed by atoms with van der Waals surface area (Å²) in [4.78, 5) is 18.3. The summed E-state index contributed by atoms with van der Waals surface area (Å²) in [5, 5.41) is 9.69. The van der Waals surface area contributed by atoms with Gasteiger partial charge in [-0.05, 0) is 30.7 Å². The molecule has 1 aromatic heterocycles. The number of hydrogen-bond donors (Lipinski definition) is 1. The lowest BCUT2D eigenvalue weighted by Gasteiger charge is -2.14. The number of carbonyl (C=O) groups is 1. The fourth-order valence-electron chi connectivity index (χ4n) is 2.44. The van der Waals surface area contributed by atoms with Gasteiger partial charge in [-0.2, -0.15) is 0 Å². The van der Waals surface area contributed by atoms with Crippen molar-refractivity contribution in [2.24, 2.45) is 0 Å². The van der Waals surface area contributed by atoms with Crippen LogP contribution in [0.4, 0.5) is 0 Å². The maximum atomic E-state index is 12.4. The highest BCUT2D eigenvalue weighted by molar-refractivity contribution is 6.00. The van der Waals surface area contributed by atoms with E-state index in [-0.39, 0.29) is 11.7 Å². The SMILES string of the molecule is Cc1c(O)ccc2c1C(=O)N(Cc1ccccn1)C2. The molecule has 3 rings (SSSR count). The summed E-state index contributed by atoms with van der Waals surface area (Å²) in [6.45, 7) is 2.84. The van der Waals surface area contributed by atoms with Crippen molar-refractivity contribution in [1.82, 2.24) is 9.88 Å². The largest absolute Gasteiger partial charge is 0.508 e. The average Bonchev–Trinajstić information content (AvgIpc) is 2.73. The van der Waals surface area contributed by atoms with Crippen LogP contribution in [0.2, 0.25) is 0 Å². The van der Waals surface area contributed by atoms with Gasteiger partial charge in [-0.1, -0.05) is 12.1 Å². The van der Waals surface area contributed by atoms with Crippen LogP contribution in [0.3, 0.4) is 0 Å². The molecule has 2 heterocycles. The first kappa shape index (κ1) is 11.7. The summed E-state index contributed by atoms with van der Waals surface area (Å²) in [5.41, 5.74) is 3.13. The van der Waals surface area contributed by atoms with E-state index in [1.807, 2.05) is 24.3 Å². The second kappa shape index (κ2) is 4.39. The first-order valence-corrected chi connectivity index (χ1v) is 6.17. The second-order valence-corrected chi connectivity index (χ2v) is 4.73. The molecule has 1 aliphatic rings. The maximum Gasteiger partial charge on any atom is 0.255 e. The Balaban J connectivity index is 1.90. The number of rotatable bonds is 2. The minimum atomic E-state index is -0.0333. The number of fused-ring (bicyclic) bond motifs is 1. The van der Waals surface area contributed by atoms with Crippen LogP contribution in [0, 0.1) is 6.92 Å². The third-order valence-electron chi connectivity index (χ3n) is 3.46. The predicted octanol–water partition coefficient (Wildman–Crippen LogP) is 2.25. The Morgan fingerprint density at radius 3 is 2.89 bits per heavy atom. The van der Waals surface area contributed by atoms with Gasteiger partial charge in [0.25, 0.3) is 5.91 Å². The van der Waals surface area contributed by atoms with Gasteiger partial charge in [0, 0.05) is 18.3 Å². The van der Waals surface area contributed by atoms with E-state index in [4.69, 9.17) is 0 Å². The van der Waals surface area contributed by atoms with E-state index >= 15 is 0 Å². The van der Waals surface area contributed by atoms with Crippen LogP contribution in [0.15, 0.2) is 36.5 Å². The highest BCUT2D eigenvalue weighted by Gasteiger charge is 2.30. The zero-order valence-electron chi connectivity index (χ0n) is 10.6. The first-order chi connectivity index (χ1) is 9.16. The molecule has 0 bridgehead atoms. The smallest absolute Gasteiger partial charge is 0.255 e. The molecule has 0 atom stereocenters. The Bertz CT molecular complexity index is 638. The summed E-state index contributed by atoms with van der Waals surface area (Å²) in [7, 11) is 0. The van der Waals surface area contributed by atoms with Crippen LogP contribution < -0.4 is 0 Å². The van der Waals surface area contributed by atoms with E-state index in [9.17, 15) is 9.90 Å². The van der Waals surface area contributed by atoms with Crippen LogP contribution in [0.1, 0.15) is 27.2 Å². The molecular formula is C15H14N2O2. The Morgan fingerprint density at radius 1 is 1.32 bits per heavy atom. The molecule has 1 aliphatic heterocycles. The van der Waals surface area contributed by atoms with Crippen LogP contribution in [0.25, 0.3) is 0 Å². The molecule has 0 radical (unpaired) electrons. The summed E-state index contributed by atoms with van der Waals surface area (Å²) >= 11 is 0. The molecular weight excluding hydrogens is 240 g/mol. The third-order valence-corrected chi connectivity index (χ3v) is 3.46. The summed E-state index contributed by atoms with van der Waals surface area (Å²) < 4.78 is 0. The van der Waals surface area contributed by atoms with Crippen LogP contribution in [-0.4, -0.2) is 20.9 Å². The van der Waals surface area contributed by atoms with Gasteiger partial charge < -0.3 is 10.0 Å². The topological polar surface area (TPSA) is 53.4 Å². The van der Waals surface area contributed by atoms with Gasteiger partial charge in [0.05, 0.1) is 17.8 Å². The van der Waals surface area contributed by atoms with Crippen molar-refractivity contribution < 1.29 is 9.90 Å². The maximum absolute atomic E-state index is 12.4. The van der Waals surface area contributed by atoms with Gasteiger partial charge in [-0.15, -0.1) is 0 Å². The van der Waals surface area contributed by atoms with Crippen molar-refractivity contribution in [1.29, 1.82) is 0 Å².